The molecule has 0 fully saturated rings. The summed E-state index contributed by atoms with van der Waals surface area (Å²) in [6.45, 7) is 2.47. The fourth-order valence-corrected chi connectivity index (χ4v) is 3.70. The van der Waals surface area contributed by atoms with Crippen LogP contribution in [0.4, 0.5) is 5.13 Å². The number of carbonyl (C=O) groups excluding carboxylic acids is 1. The van der Waals surface area contributed by atoms with Crippen molar-refractivity contribution in [2.75, 3.05) is 11.9 Å². The van der Waals surface area contributed by atoms with Gasteiger partial charge >= 0.3 is 0 Å². The molecule has 7 heteroatoms. The molecule has 0 bridgehead atoms. The van der Waals surface area contributed by atoms with E-state index in [2.05, 4.69) is 26.2 Å². The highest BCUT2D eigenvalue weighted by molar-refractivity contribution is 9.10. The summed E-state index contributed by atoms with van der Waals surface area (Å²) in [6, 6.07) is 15.1. The molecule has 0 saturated carbocycles. The van der Waals surface area contributed by atoms with Gasteiger partial charge in [-0.3, -0.25) is 4.79 Å². The van der Waals surface area contributed by atoms with E-state index in [0.717, 1.165) is 26.4 Å². The van der Waals surface area contributed by atoms with E-state index in [0.29, 0.717) is 29.6 Å². The SMILES string of the molecule is Cc1sc(NC(=O)CCCOc2ccc(Cl)cc2)nc1-c1ccc(Br)cc1. The van der Waals surface area contributed by atoms with Crippen LogP contribution in [0.25, 0.3) is 11.3 Å². The molecule has 0 radical (unpaired) electrons. The number of amides is 1. The number of hydrogen-bond donors (Lipinski definition) is 1. The number of benzene rings is 2. The summed E-state index contributed by atoms with van der Waals surface area (Å²) in [5, 5.41) is 4.17. The molecule has 2 aromatic carbocycles. The topological polar surface area (TPSA) is 51.2 Å². The molecule has 1 amide bonds. The Morgan fingerprint density at radius 2 is 1.89 bits per heavy atom. The lowest BCUT2D eigenvalue weighted by Gasteiger charge is -2.06. The second-order valence-corrected chi connectivity index (χ2v) is 8.44. The first kappa shape index (κ1) is 19.9. The minimum Gasteiger partial charge on any atom is -0.494 e. The Hall–Kier alpha value is -1.89. The summed E-state index contributed by atoms with van der Waals surface area (Å²) in [4.78, 5) is 17.8. The lowest BCUT2D eigenvalue weighted by Crippen LogP contribution is -2.12. The van der Waals surface area contributed by atoms with Crippen molar-refractivity contribution in [3.63, 3.8) is 0 Å². The van der Waals surface area contributed by atoms with E-state index in [1.54, 1.807) is 12.1 Å². The maximum atomic E-state index is 12.1. The molecular weight excluding hydrogens is 448 g/mol. The molecule has 0 aliphatic heterocycles. The van der Waals surface area contributed by atoms with E-state index < -0.39 is 0 Å². The Morgan fingerprint density at radius 3 is 2.59 bits per heavy atom. The average Bonchev–Trinajstić information content (AvgIpc) is 3.01. The molecule has 0 aliphatic carbocycles. The van der Waals surface area contributed by atoms with Crippen molar-refractivity contribution in [1.29, 1.82) is 0 Å². The Bertz CT molecular complexity index is 911. The highest BCUT2D eigenvalue weighted by Crippen LogP contribution is 2.31. The zero-order chi connectivity index (χ0) is 19.2. The molecule has 1 heterocycles. The van der Waals surface area contributed by atoms with Gasteiger partial charge in [0.15, 0.2) is 5.13 Å². The number of rotatable bonds is 7. The molecule has 0 unspecified atom stereocenters. The molecule has 3 aromatic rings. The van der Waals surface area contributed by atoms with Gasteiger partial charge in [0.1, 0.15) is 5.75 Å². The van der Waals surface area contributed by atoms with Crippen molar-refractivity contribution in [1.82, 2.24) is 4.98 Å². The molecule has 0 spiro atoms. The predicted octanol–water partition coefficient (Wildman–Crippen LogP) is 6.33. The highest BCUT2D eigenvalue weighted by Gasteiger charge is 2.12. The number of aromatic nitrogens is 1. The largest absolute Gasteiger partial charge is 0.494 e. The van der Waals surface area contributed by atoms with Gasteiger partial charge < -0.3 is 10.1 Å². The average molecular weight is 466 g/mol. The monoisotopic (exact) mass is 464 g/mol. The number of carbonyl (C=O) groups is 1. The minimum atomic E-state index is -0.0641. The number of halogens is 2. The third-order valence-corrected chi connectivity index (χ3v) is 5.46. The minimum absolute atomic E-state index is 0.0641. The van der Waals surface area contributed by atoms with E-state index in [1.807, 2.05) is 43.3 Å². The van der Waals surface area contributed by atoms with Crippen LogP contribution >= 0.6 is 38.9 Å². The summed E-state index contributed by atoms with van der Waals surface area (Å²) in [7, 11) is 0. The molecule has 140 valence electrons. The van der Waals surface area contributed by atoms with Gasteiger partial charge in [-0.05, 0) is 49.7 Å². The van der Waals surface area contributed by atoms with Crippen molar-refractivity contribution >= 4 is 49.9 Å². The van der Waals surface area contributed by atoms with Crippen LogP contribution in [0.1, 0.15) is 17.7 Å². The summed E-state index contributed by atoms with van der Waals surface area (Å²) in [5.41, 5.74) is 1.93. The van der Waals surface area contributed by atoms with Gasteiger partial charge in [0, 0.05) is 26.4 Å². The summed E-state index contributed by atoms with van der Waals surface area (Å²) < 4.78 is 6.62. The van der Waals surface area contributed by atoms with E-state index in [-0.39, 0.29) is 5.91 Å². The summed E-state index contributed by atoms with van der Waals surface area (Å²) in [6.07, 6.45) is 0.998. The zero-order valence-corrected chi connectivity index (χ0v) is 17.8. The van der Waals surface area contributed by atoms with Crippen molar-refractivity contribution in [3.05, 3.63) is 62.9 Å². The molecule has 27 heavy (non-hydrogen) atoms. The molecule has 0 atom stereocenters. The van der Waals surface area contributed by atoms with Gasteiger partial charge in [0.2, 0.25) is 5.91 Å². The smallest absolute Gasteiger partial charge is 0.226 e. The van der Waals surface area contributed by atoms with Crippen LogP contribution in [0.2, 0.25) is 5.02 Å². The van der Waals surface area contributed by atoms with Crippen LogP contribution in [0.5, 0.6) is 5.75 Å². The number of nitrogens with zero attached hydrogens (tertiary/aromatic N) is 1. The van der Waals surface area contributed by atoms with E-state index in [1.165, 1.54) is 11.3 Å². The van der Waals surface area contributed by atoms with Crippen LogP contribution in [0.3, 0.4) is 0 Å². The lowest BCUT2D eigenvalue weighted by atomic mass is 10.1. The van der Waals surface area contributed by atoms with E-state index in [4.69, 9.17) is 16.3 Å². The van der Waals surface area contributed by atoms with Gasteiger partial charge in [0.05, 0.1) is 12.3 Å². The normalized spacial score (nSPS) is 10.6. The van der Waals surface area contributed by atoms with Gasteiger partial charge in [0.25, 0.3) is 0 Å². The van der Waals surface area contributed by atoms with Crippen LogP contribution in [0, 0.1) is 6.92 Å². The van der Waals surface area contributed by atoms with Crippen molar-refractivity contribution in [2.45, 2.75) is 19.8 Å². The number of ether oxygens (including phenoxy) is 1. The number of thiazole rings is 1. The molecule has 1 aromatic heterocycles. The molecular formula is C20H18BrClN2O2S. The second-order valence-electron chi connectivity index (χ2n) is 5.88. The third-order valence-electron chi connectivity index (χ3n) is 3.79. The standard InChI is InChI=1S/C20H18BrClN2O2S/c1-13-19(14-4-6-15(21)7-5-14)24-20(27-13)23-18(25)3-2-12-26-17-10-8-16(22)9-11-17/h4-11H,2-3,12H2,1H3,(H,23,24,25). The van der Waals surface area contributed by atoms with Crippen LogP contribution < -0.4 is 10.1 Å². The van der Waals surface area contributed by atoms with E-state index >= 15 is 0 Å². The van der Waals surface area contributed by atoms with Crippen molar-refractivity contribution in [2.24, 2.45) is 0 Å². The Morgan fingerprint density at radius 1 is 1.19 bits per heavy atom. The van der Waals surface area contributed by atoms with E-state index in [9.17, 15) is 4.79 Å². The first-order valence-electron chi connectivity index (χ1n) is 8.43. The van der Waals surface area contributed by atoms with Gasteiger partial charge in [-0.1, -0.05) is 39.7 Å². The number of hydrogen-bond acceptors (Lipinski definition) is 4. The predicted molar refractivity (Wildman–Crippen MR) is 115 cm³/mol. The second kappa shape index (κ2) is 9.35. The zero-order valence-electron chi connectivity index (χ0n) is 14.7. The Labute approximate surface area is 175 Å². The molecule has 1 N–H and O–H groups in total. The van der Waals surface area contributed by atoms with Crippen molar-refractivity contribution < 1.29 is 9.53 Å². The maximum absolute atomic E-state index is 12.1. The summed E-state index contributed by atoms with van der Waals surface area (Å²) in [5.74, 6) is 0.681. The van der Waals surface area contributed by atoms with Crippen molar-refractivity contribution in [3.8, 4) is 17.0 Å². The lowest BCUT2D eigenvalue weighted by molar-refractivity contribution is -0.116. The molecule has 3 rings (SSSR count). The molecule has 4 nitrogen and oxygen atoms in total. The molecule has 0 saturated heterocycles. The number of nitrogens with one attached hydrogen (secondary N) is 1. The van der Waals surface area contributed by atoms with Crippen LogP contribution in [0.15, 0.2) is 53.0 Å². The van der Waals surface area contributed by atoms with Gasteiger partial charge in [-0.15, -0.1) is 11.3 Å². The van der Waals surface area contributed by atoms with Crippen LogP contribution in [-0.4, -0.2) is 17.5 Å². The maximum Gasteiger partial charge on any atom is 0.226 e. The number of anilines is 1. The van der Waals surface area contributed by atoms with Gasteiger partial charge in [-0.25, -0.2) is 4.98 Å². The summed E-state index contributed by atoms with van der Waals surface area (Å²) >= 11 is 10.7. The highest BCUT2D eigenvalue weighted by atomic mass is 79.9. The first-order valence-corrected chi connectivity index (χ1v) is 10.4. The molecule has 0 aliphatic rings. The fourth-order valence-electron chi connectivity index (χ4n) is 2.46. The number of aryl methyl sites for hydroxylation is 1. The fraction of sp³-hybridized carbons (Fsp3) is 0.200. The van der Waals surface area contributed by atoms with Crippen LogP contribution in [-0.2, 0) is 4.79 Å². The first-order chi connectivity index (χ1) is 13.0. The van der Waals surface area contributed by atoms with Gasteiger partial charge in [-0.2, -0.15) is 0 Å². The Balaban J connectivity index is 1.48. The third kappa shape index (κ3) is 5.79. The quantitative estimate of drug-likeness (QED) is 0.415. The Kier molecular flexibility index (Phi) is 6.88.